The van der Waals surface area contributed by atoms with Gasteiger partial charge < -0.3 is 20.3 Å². The van der Waals surface area contributed by atoms with Gasteiger partial charge in [0.15, 0.2) is 6.61 Å². The lowest BCUT2D eigenvalue weighted by molar-refractivity contribution is -0.137. The maximum absolute atomic E-state index is 12.1. The fourth-order valence-electron chi connectivity index (χ4n) is 2.23. The molecule has 0 radical (unpaired) electrons. The lowest BCUT2D eigenvalue weighted by atomic mass is 10.2. The zero-order valence-corrected chi connectivity index (χ0v) is 17.1. The third-order valence-electron chi connectivity index (χ3n) is 3.83. The van der Waals surface area contributed by atoms with Crippen LogP contribution in [0.3, 0.4) is 0 Å². The van der Waals surface area contributed by atoms with Crippen LogP contribution in [0.15, 0.2) is 41.8 Å². The molecule has 0 fully saturated rings. The lowest BCUT2D eigenvalue weighted by Crippen LogP contribution is -2.40. The number of rotatable bonds is 9. The molecular formula is C20H23N3O5S. The monoisotopic (exact) mass is 417 g/mol. The molecule has 9 heteroatoms. The predicted octanol–water partition coefficient (Wildman–Crippen LogP) is 2.14. The number of hydrogen-bond acceptors (Lipinski definition) is 6. The number of thiophene rings is 1. The first-order valence-electron chi connectivity index (χ1n) is 9.03. The van der Waals surface area contributed by atoms with Crippen molar-refractivity contribution in [3.05, 3.63) is 52.2 Å². The van der Waals surface area contributed by atoms with Crippen LogP contribution in [0.1, 0.15) is 33.4 Å². The number of amides is 3. The quantitative estimate of drug-likeness (QED) is 0.608. The minimum Gasteiger partial charge on any atom is -0.452 e. The number of benzene rings is 1. The third-order valence-corrected chi connectivity index (χ3v) is 4.70. The molecule has 0 saturated carbocycles. The van der Waals surface area contributed by atoms with Crippen LogP contribution in [0.5, 0.6) is 0 Å². The Bertz CT molecular complexity index is 850. The molecule has 154 valence electrons. The van der Waals surface area contributed by atoms with Crippen LogP contribution in [-0.4, -0.2) is 55.3 Å². The average molecular weight is 417 g/mol. The van der Waals surface area contributed by atoms with Gasteiger partial charge >= 0.3 is 5.97 Å². The van der Waals surface area contributed by atoms with Crippen molar-refractivity contribution in [2.24, 2.45) is 0 Å². The van der Waals surface area contributed by atoms with Gasteiger partial charge in [-0.25, -0.2) is 4.79 Å². The number of ether oxygens (including phenoxy) is 1. The molecule has 3 amide bonds. The van der Waals surface area contributed by atoms with Gasteiger partial charge in [0.2, 0.25) is 5.91 Å². The molecule has 2 aromatic rings. The normalized spacial score (nSPS) is 10.1. The van der Waals surface area contributed by atoms with E-state index in [0.29, 0.717) is 17.1 Å². The summed E-state index contributed by atoms with van der Waals surface area (Å²) in [6.45, 7) is 1.90. The number of likely N-dealkylation sites (N-methyl/N-ethyl adjacent to an activating group) is 1. The van der Waals surface area contributed by atoms with E-state index in [1.54, 1.807) is 24.3 Å². The Labute approximate surface area is 172 Å². The first kappa shape index (κ1) is 22.1. The topological polar surface area (TPSA) is 105 Å². The fourth-order valence-corrected chi connectivity index (χ4v) is 2.85. The molecule has 0 saturated heterocycles. The zero-order chi connectivity index (χ0) is 21.2. The summed E-state index contributed by atoms with van der Waals surface area (Å²) in [5, 5.41) is 7.21. The summed E-state index contributed by atoms with van der Waals surface area (Å²) in [6, 6.07) is 9.65. The minimum absolute atomic E-state index is 0.102. The molecule has 8 nitrogen and oxygen atoms in total. The van der Waals surface area contributed by atoms with Crippen LogP contribution < -0.4 is 10.6 Å². The van der Waals surface area contributed by atoms with Crippen LogP contribution in [-0.2, 0) is 14.3 Å². The first-order valence-corrected chi connectivity index (χ1v) is 9.91. The van der Waals surface area contributed by atoms with Gasteiger partial charge in [0, 0.05) is 19.3 Å². The van der Waals surface area contributed by atoms with E-state index in [2.05, 4.69) is 10.6 Å². The molecule has 2 N–H and O–H groups in total. The molecule has 0 aliphatic rings. The number of nitrogens with zero attached hydrogens (tertiary/aromatic N) is 1. The highest BCUT2D eigenvalue weighted by Gasteiger charge is 2.16. The summed E-state index contributed by atoms with van der Waals surface area (Å²) >= 11 is 1.33. The first-order chi connectivity index (χ1) is 13.9. The van der Waals surface area contributed by atoms with E-state index in [0.717, 1.165) is 6.42 Å². The van der Waals surface area contributed by atoms with Gasteiger partial charge in [-0.15, -0.1) is 11.3 Å². The van der Waals surface area contributed by atoms with Crippen LogP contribution >= 0.6 is 11.3 Å². The van der Waals surface area contributed by atoms with Gasteiger partial charge in [-0.05, 0) is 42.1 Å². The van der Waals surface area contributed by atoms with Crippen molar-refractivity contribution in [3.8, 4) is 0 Å². The van der Waals surface area contributed by atoms with Crippen molar-refractivity contribution in [3.63, 3.8) is 0 Å². The number of carbonyl (C=O) groups is 4. The lowest BCUT2D eigenvalue weighted by Gasteiger charge is -2.16. The standard InChI is InChI=1S/C20H23N3O5S/c1-3-10-21-17(24)12-23(2)18(25)13-28-20(27)14-6-8-15(9-7-14)22-19(26)16-5-4-11-29-16/h4-9,11H,3,10,12-13H2,1-2H3,(H,21,24)(H,22,26). The molecule has 2 rings (SSSR count). The van der Waals surface area contributed by atoms with Crippen molar-refractivity contribution < 1.29 is 23.9 Å². The Morgan fingerprint density at radius 2 is 1.83 bits per heavy atom. The third kappa shape index (κ3) is 7.04. The van der Waals surface area contributed by atoms with Gasteiger partial charge in [-0.3, -0.25) is 14.4 Å². The molecule has 1 aromatic carbocycles. The Morgan fingerprint density at radius 3 is 2.45 bits per heavy atom. The van der Waals surface area contributed by atoms with E-state index in [9.17, 15) is 19.2 Å². The number of hydrogen-bond donors (Lipinski definition) is 2. The van der Waals surface area contributed by atoms with Crippen LogP contribution in [0.2, 0.25) is 0 Å². The largest absolute Gasteiger partial charge is 0.452 e. The second-order valence-corrected chi connectivity index (χ2v) is 7.13. The highest BCUT2D eigenvalue weighted by molar-refractivity contribution is 7.12. The Hall–Kier alpha value is -3.20. The summed E-state index contributed by atoms with van der Waals surface area (Å²) in [4.78, 5) is 49.5. The second kappa shape index (κ2) is 11.0. The van der Waals surface area contributed by atoms with Crippen molar-refractivity contribution in [2.45, 2.75) is 13.3 Å². The molecule has 0 unspecified atom stereocenters. The maximum atomic E-state index is 12.1. The number of esters is 1. The Balaban J connectivity index is 1.80. The predicted molar refractivity (Wildman–Crippen MR) is 110 cm³/mol. The molecule has 0 atom stereocenters. The van der Waals surface area contributed by atoms with E-state index in [4.69, 9.17) is 4.74 Å². The average Bonchev–Trinajstić information content (AvgIpc) is 3.25. The van der Waals surface area contributed by atoms with Crippen LogP contribution in [0.4, 0.5) is 5.69 Å². The van der Waals surface area contributed by atoms with Crippen molar-refractivity contribution in [1.82, 2.24) is 10.2 Å². The number of carbonyl (C=O) groups excluding carboxylic acids is 4. The molecule has 1 aromatic heterocycles. The van der Waals surface area contributed by atoms with Gasteiger partial charge in [0.25, 0.3) is 11.8 Å². The SMILES string of the molecule is CCCNC(=O)CN(C)C(=O)COC(=O)c1ccc(NC(=O)c2cccs2)cc1. The molecule has 1 heterocycles. The van der Waals surface area contributed by atoms with Gasteiger partial charge in [-0.2, -0.15) is 0 Å². The van der Waals surface area contributed by atoms with E-state index in [1.165, 1.54) is 35.4 Å². The summed E-state index contributed by atoms with van der Waals surface area (Å²) in [6.07, 6.45) is 0.803. The minimum atomic E-state index is -0.668. The van der Waals surface area contributed by atoms with Gasteiger partial charge in [0.1, 0.15) is 0 Å². The summed E-state index contributed by atoms with van der Waals surface area (Å²) in [7, 11) is 1.47. The summed E-state index contributed by atoms with van der Waals surface area (Å²) < 4.78 is 5.01. The highest BCUT2D eigenvalue weighted by atomic mass is 32.1. The maximum Gasteiger partial charge on any atom is 0.338 e. The van der Waals surface area contributed by atoms with Gasteiger partial charge in [0.05, 0.1) is 17.0 Å². The number of nitrogens with one attached hydrogen (secondary N) is 2. The van der Waals surface area contributed by atoms with Crippen molar-refractivity contribution >= 4 is 40.7 Å². The zero-order valence-electron chi connectivity index (χ0n) is 16.3. The van der Waals surface area contributed by atoms with E-state index in [1.807, 2.05) is 12.3 Å². The molecular weight excluding hydrogens is 394 g/mol. The fraction of sp³-hybridized carbons (Fsp3) is 0.300. The molecule has 0 spiro atoms. The number of anilines is 1. The molecule has 0 aliphatic carbocycles. The summed E-state index contributed by atoms with van der Waals surface area (Å²) in [5.41, 5.74) is 0.782. The van der Waals surface area contributed by atoms with Crippen molar-refractivity contribution in [1.29, 1.82) is 0 Å². The molecule has 0 aliphatic heterocycles. The van der Waals surface area contributed by atoms with E-state index in [-0.39, 0.29) is 23.9 Å². The van der Waals surface area contributed by atoms with Crippen molar-refractivity contribution in [2.75, 3.05) is 32.1 Å². The Morgan fingerprint density at radius 1 is 1.10 bits per heavy atom. The second-order valence-electron chi connectivity index (χ2n) is 6.18. The van der Waals surface area contributed by atoms with E-state index < -0.39 is 18.5 Å². The highest BCUT2D eigenvalue weighted by Crippen LogP contribution is 2.14. The van der Waals surface area contributed by atoms with Crippen LogP contribution in [0, 0.1) is 0 Å². The molecule has 0 bridgehead atoms. The van der Waals surface area contributed by atoms with Crippen LogP contribution in [0.25, 0.3) is 0 Å². The molecule has 29 heavy (non-hydrogen) atoms. The van der Waals surface area contributed by atoms with E-state index >= 15 is 0 Å². The summed E-state index contributed by atoms with van der Waals surface area (Å²) in [5.74, 6) is -1.65. The smallest absolute Gasteiger partial charge is 0.338 e. The van der Waals surface area contributed by atoms with Gasteiger partial charge in [-0.1, -0.05) is 13.0 Å². The Kier molecular flexibility index (Phi) is 8.35.